The number of ether oxygens (including phenoxy) is 4. The molecule has 0 radical (unpaired) electrons. The molecule has 3 heterocycles. The maximum Gasteiger partial charge on any atom is 0.171 e. The Morgan fingerprint density at radius 3 is 2.06 bits per heavy atom. The first-order chi connectivity index (χ1) is 8.45. The van der Waals surface area contributed by atoms with E-state index in [9.17, 15) is 0 Å². The van der Waals surface area contributed by atoms with E-state index in [1.807, 2.05) is 6.07 Å². The lowest BCUT2D eigenvalue weighted by Crippen LogP contribution is -2.32. The maximum atomic E-state index is 5.54. The van der Waals surface area contributed by atoms with Crippen LogP contribution in [0.15, 0.2) is 18.6 Å². The third kappa shape index (κ3) is 2.30. The molecule has 0 atom stereocenters. The third-order valence-corrected chi connectivity index (χ3v) is 2.83. The second kappa shape index (κ2) is 5.05. The Bertz CT molecular complexity index is 334. The van der Waals surface area contributed by atoms with Crippen molar-refractivity contribution >= 4 is 0 Å². The van der Waals surface area contributed by atoms with Crippen molar-refractivity contribution in [2.24, 2.45) is 0 Å². The monoisotopic (exact) mass is 238 g/mol. The van der Waals surface area contributed by atoms with Crippen molar-refractivity contribution in [1.29, 1.82) is 0 Å². The fourth-order valence-corrected chi connectivity index (χ4v) is 2.07. The van der Waals surface area contributed by atoms with Crippen LogP contribution in [-0.2, 0) is 18.9 Å². The van der Waals surface area contributed by atoms with E-state index in [1.54, 1.807) is 6.20 Å². The zero-order chi connectivity index (χ0) is 11.5. The molecule has 6 heteroatoms. The van der Waals surface area contributed by atoms with Crippen LogP contribution in [0.5, 0.6) is 0 Å². The second-order valence-corrected chi connectivity index (χ2v) is 3.88. The summed E-state index contributed by atoms with van der Waals surface area (Å²) >= 11 is 0. The van der Waals surface area contributed by atoms with Crippen LogP contribution in [0.3, 0.4) is 0 Å². The van der Waals surface area contributed by atoms with E-state index < -0.39 is 0 Å². The molecule has 0 aromatic carbocycles. The van der Waals surface area contributed by atoms with Crippen molar-refractivity contribution in [3.05, 3.63) is 24.3 Å². The van der Waals surface area contributed by atoms with Crippen molar-refractivity contribution in [2.45, 2.75) is 18.5 Å². The summed E-state index contributed by atoms with van der Waals surface area (Å²) in [5.41, 5.74) is 0.818. The lowest BCUT2D eigenvalue weighted by Gasteiger charge is -2.25. The van der Waals surface area contributed by atoms with Gasteiger partial charge in [0.15, 0.2) is 12.6 Å². The fourth-order valence-electron chi connectivity index (χ4n) is 2.07. The Morgan fingerprint density at radius 1 is 1.00 bits per heavy atom. The molecule has 2 aliphatic heterocycles. The van der Waals surface area contributed by atoms with Gasteiger partial charge in [0.05, 0.1) is 32.1 Å². The average molecular weight is 238 g/mol. The Balaban J connectivity index is 1.84. The molecule has 2 saturated heterocycles. The molecule has 2 aliphatic rings. The summed E-state index contributed by atoms with van der Waals surface area (Å²) in [5, 5.41) is 0. The summed E-state index contributed by atoms with van der Waals surface area (Å²) in [6.07, 6.45) is 2.49. The summed E-state index contributed by atoms with van der Waals surface area (Å²) in [5.74, 6) is -0.164. The largest absolute Gasteiger partial charge is 0.349 e. The molecule has 0 unspecified atom stereocenters. The predicted molar refractivity (Wildman–Crippen MR) is 56.2 cm³/mol. The molecular weight excluding hydrogens is 224 g/mol. The third-order valence-electron chi connectivity index (χ3n) is 2.83. The van der Waals surface area contributed by atoms with Crippen molar-refractivity contribution in [2.75, 3.05) is 26.4 Å². The molecule has 92 valence electrons. The Labute approximate surface area is 98.9 Å². The van der Waals surface area contributed by atoms with Gasteiger partial charge in [0.2, 0.25) is 0 Å². The first-order valence-corrected chi connectivity index (χ1v) is 5.67. The minimum atomic E-state index is -0.354. The van der Waals surface area contributed by atoms with Gasteiger partial charge in [-0.15, -0.1) is 0 Å². The molecule has 0 saturated carbocycles. The van der Waals surface area contributed by atoms with Crippen LogP contribution < -0.4 is 0 Å². The first kappa shape index (κ1) is 11.0. The molecular formula is C11H14N2O4. The summed E-state index contributed by atoms with van der Waals surface area (Å²) in [7, 11) is 0. The Morgan fingerprint density at radius 2 is 1.59 bits per heavy atom. The molecule has 3 rings (SSSR count). The highest BCUT2D eigenvalue weighted by molar-refractivity contribution is 5.09. The molecule has 0 bridgehead atoms. The summed E-state index contributed by atoms with van der Waals surface area (Å²) < 4.78 is 22.2. The Kier molecular flexibility index (Phi) is 3.28. The van der Waals surface area contributed by atoms with Crippen molar-refractivity contribution in [3.63, 3.8) is 0 Å². The summed E-state index contributed by atoms with van der Waals surface area (Å²) in [6.45, 7) is 2.38. The van der Waals surface area contributed by atoms with Gasteiger partial charge in [0, 0.05) is 6.20 Å². The number of hydrogen-bond donors (Lipinski definition) is 0. The average Bonchev–Trinajstić information content (AvgIpc) is 3.04. The van der Waals surface area contributed by atoms with E-state index in [4.69, 9.17) is 18.9 Å². The van der Waals surface area contributed by atoms with Gasteiger partial charge in [0.1, 0.15) is 12.2 Å². The molecule has 0 spiro atoms. The van der Waals surface area contributed by atoms with Gasteiger partial charge in [-0.3, -0.25) is 0 Å². The highest BCUT2D eigenvalue weighted by Crippen LogP contribution is 2.31. The van der Waals surface area contributed by atoms with Crippen LogP contribution >= 0.6 is 0 Å². The molecule has 0 N–H and O–H groups in total. The van der Waals surface area contributed by atoms with Gasteiger partial charge in [-0.1, -0.05) is 0 Å². The van der Waals surface area contributed by atoms with Crippen LogP contribution in [0.25, 0.3) is 0 Å². The van der Waals surface area contributed by atoms with Crippen molar-refractivity contribution in [1.82, 2.24) is 9.97 Å². The molecule has 2 fully saturated rings. The SMILES string of the molecule is c1cc(C(C2OCCO2)C2OCCO2)ncn1. The highest BCUT2D eigenvalue weighted by Gasteiger charge is 2.39. The predicted octanol–water partition coefficient (Wildman–Crippen LogP) is 0.306. The van der Waals surface area contributed by atoms with Crippen LogP contribution in [-0.4, -0.2) is 49.0 Å². The van der Waals surface area contributed by atoms with Crippen LogP contribution in [0.4, 0.5) is 0 Å². The zero-order valence-electron chi connectivity index (χ0n) is 9.32. The smallest absolute Gasteiger partial charge is 0.171 e. The van der Waals surface area contributed by atoms with Gasteiger partial charge in [-0.05, 0) is 6.07 Å². The van der Waals surface area contributed by atoms with Crippen molar-refractivity contribution < 1.29 is 18.9 Å². The normalized spacial score (nSPS) is 22.6. The van der Waals surface area contributed by atoms with Gasteiger partial charge < -0.3 is 18.9 Å². The van der Waals surface area contributed by atoms with Gasteiger partial charge in [-0.2, -0.15) is 0 Å². The summed E-state index contributed by atoms with van der Waals surface area (Å²) in [6, 6.07) is 1.83. The first-order valence-electron chi connectivity index (χ1n) is 5.67. The lowest BCUT2D eigenvalue weighted by atomic mass is 10.0. The number of hydrogen-bond acceptors (Lipinski definition) is 6. The summed E-state index contributed by atoms with van der Waals surface area (Å²) in [4.78, 5) is 8.14. The van der Waals surface area contributed by atoms with Crippen LogP contribution in [0.1, 0.15) is 11.6 Å². The molecule has 17 heavy (non-hydrogen) atoms. The second-order valence-electron chi connectivity index (χ2n) is 3.88. The van der Waals surface area contributed by atoms with Gasteiger partial charge in [0.25, 0.3) is 0 Å². The fraction of sp³-hybridized carbons (Fsp3) is 0.636. The molecule has 0 amide bonds. The topological polar surface area (TPSA) is 62.7 Å². The Hall–Kier alpha value is -1.08. The molecule has 1 aromatic heterocycles. The number of nitrogens with zero attached hydrogens (tertiary/aromatic N) is 2. The number of aromatic nitrogens is 2. The number of rotatable bonds is 3. The standard InChI is InChI=1S/C11H14N2O4/c1-2-12-7-13-8(1)9(10-14-3-4-15-10)11-16-5-6-17-11/h1-2,7,9-11H,3-6H2. The minimum Gasteiger partial charge on any atom is -0.349 e. The van der Waals surface area contributed by atoms with E-state index in [0.29, 0.717) is 26.4 Å². The highest BCUT2D eigenvalue weighted by atomic mass is 16.7. The van der Waals surface area contributed by atoms with Crippen LogP contribution in [0, 0.1) is 0 Å². The van der Waals surface area contributed by atoms with E-state index in [-0.39, 0.29) is 18.5 Å². The lowest BCUT2D eigenvalue weighted by molar-refractivity contribution is -0.146. The van der Waals surface area contributed by atoms with E-state index in [2.05, 4.69) is 9.97 Å². The van der Waals surface area contributed by atoms with E-state index >= 15 is 0 Å². The van der Waals surface area contributed by atoms with Gasteiger partial charge >= 0.3 is 0 Å². The molecule has 6 nitrogen and oxygen atoms in total. The minimum absolute atomic E-state index is 0.164. The van der Waals surface area contributed by atoms with E-state index in [0.717, 1.165) is 5.69 Å². The maximum absolute atomic E-state index is 5.54. The quantitative estimate of drug-likeness (QED) is 0.755. The zero-order valence-corrected chi connectivity index (χ0v) is 9.32. The van der Waals surface area contributed by atoms with Gasteiger partial charge in [-0.25, -0.2) is 9.97 Å². The van der Waals surface area contributed by atoms with Crippen LogP contribution in [0.2, 0.25) is 0 Å². The van der Waals surface area contributed by atoms with E-state index in [1.165, 1.54) is 6.33 Å². The molecule has 0 aliphatic carbocycles. The van der Waals surface area contributed by atoms with Crippen molar-refractivity contribution in [3.8, 4) is 0 Å². The molecule has 1 aromatic rings.